The fourth-order valence-electron chi connectivity index (χ4n) is 3.87. The number of hydrogen-bond donors (Lipinski definition) is 1. The number of carbonyl (C=O) groups is 2. The summed E-state index contributed by atoms with van der Waals surface area (Å²) in [7, 11) is 0. The van der Waals surface area contributed by atoms with Crippen molar-refractivity contribution in [2.45, 2.75) is 39.8 Å². The number of likely N-dealkylation sites (N-methyl/N-ethyl adjacent to an activating group) is 1. The van der Waals surface area contributed by atoms with Gasteiger partial charge in [-0.3, -0.25) is 9.59 Å². The van der Waals surface area contributed by atoms with Crippen molar-refractivity contribution in [1.29, 1.82) is 0 Å². The Bertz CT molecular complexity index is 1150. The zero-order valence-electron chi connectivity index (χ0n) is 20.2. The van der Waals surface area contributed by atoms with Gasteiger partial charge in [0.1, 0.15) is 11.8 Å². The Labute approximate surface area is 220 Å². The molecule has 0 saturated carbocycles. The van der Waals surface area contributed by atoms with Gasteiger partial charge in [0, 0.05) is 29.0 Å². The van der Waals surface area contributed by atoms with Gasteiger partial charge in [0.25, 0.3) is 5.91 Å². The smallest absolute Gasteiger partial charge is 0.261 e. The standard InChI is InChI=1S/C28H30BrClN2O3/c1-4-31-28(34)25(16-21-10-6-5-7-11-21)32(17-22-12-8-9-13-24(22)30)26(33)18-35-23-14-19(2)27(29)20(3)15-23/h5-15,25H,4,16-18H2,1-3H3,(H,31,34). The van der Waals surface area contributed by atoms with E-state index in [1.54, 1.807) is 11.0 Å². The summed E-state index contributed by atoms with van der Waals surface area (Å²) in [6, 6.07) is 20.1. The summed E-state index contributed by atoms with van der Waals surface area (Å²) >= 11 is 9.98. The molecule has 3 rings (SSSR count). The van der Waals surface area contributed by atoms with Crippen molar-refractivity contribution < 1.29 is 14.3 Å². The molecule has 184 valence electrons. The molecule has 5 nitrogen and oxygen atoms in total. The van der Waals surface area contributed by atoms with Crippen LogP contribution in [-0.4, -0.2) is 35.9 Å². The summed E-state index contributed by atoms with van der Waals surface area (Å²) in [5, 5.41) is 3.43. The Balaban J connectivity index is 1.91. The second-order valence-electron chi connectivity index (χ2n) is 8.37. The van der Waals surface area contributed by atoms with Crippen molar-refractivity contribution in [2.75, 3.05) is 13.2 Å². The summed E-state index contributed by atoms with van der Waals surface area (Å²) in [4.78, 5) is 28.3. The molecule has 1 N–H and O–H groups in total. The average Bonchev–Trinajstić information content (AvgIpc) is 2.85. The van der Waals surface area contributed by atoms with Gasteiger partial charge in [-0.05, 0) is 61.2 Å². The summed E-state index contributed by atoms with van der Waals surface area (Å²) in [6.07, 6.45) is 0.374. The number of carbonyl (C=O) groups excluding carboxylic acids is 2. The fourth-order valence-corrected chi connectivity index (χ4v) is 4.30. The van der Waals surface area contributed by atoms with E-state index >= 15 is 0 Å². The van der Waals surface area contributed by atoms with Crippen molar-refractivity contribution in [3.8, 4) is 5.75 Å². The monoisotopic (exact) mass is 556 g/mol. The molecule has 0 aliphatic carbocycles. The normalized spacial score (nSPS) is 11.6. The molecule has 35 heavy (non-hydrogen) atoms. The van der Waals surface area contributed by atoms with Crippen LogP contribution in [0.1, 0.15) is 29.2 Å². The quantitative estimate of drug-likeness (QED) is 0.339. The summed E-state index contributed by atoms with van der Waals surface area (Å²) in [6.45, 7) is 6.26. The molecule has 0 radical (unpaired) electrons. The zero-order valence-corrected chi connectivity index (χ0v) is 22.5. The molecule has 0 aliphatic heterocycles. The Morgan fingerprint density at radius 2 is 1.66 bits per heavy atom. The summed E-state index contributed by atoms with van der Waals surface area (Å²) in [5.74, 6) is 0.0919. The van der Waals surface area contributed by atoms with Gasteiger partial charge in [-0.25, -0.2) is 0 Å². The number of nitrogens with zero attached hydrogens (tertiary/aromatic N) is 1. The first kappa shape index (κ1) is 26.8. The number of halogens is 2. The number of amides is 2. The van der Waals surface area contributed by atoms with E-state index in [2.05, 4.69) is 21.2 Å². The summed E-state index contributed by atoms with van der Waals surface area (Å²) in [5.41, 5.74) is 3.76. The highest BCUT2D eigenvalue weighted by atomic mass is 79.9. The molecule has 1 unspecified atom stereocenters. The van der Waals surface area contributed by atoms with Crippen molar-refractivity contribution in [2.24, 2.45) is 0 Å². The third-order valence-electron chi connectivity index (χ3n) is 5.69. The predicted molar refractivity (Wildman–Crippen MR) is 144 cm³/mol. The minimum Gasteiger partial charge on any atom is -0.484 e. The molecule has 0 saturated heterocycles. The highest BCUT2D eigenvalue weighted by Crippen LogP contribution is 2.27. The first-order chi connectivity index (χ1) is 16.8. The second kappa shape index (κ2) is 12.8. The topological polar surface area (TPSA) is 58.6 Å². The molecule has 0 heterocycles. The number of ether oxygens (including phenoxy) is 1. The van der Waals surface area contributed by atoms with Crippen LogP contribution in [0.2, 0.25) is 5.02 Å². The van der Waals surface area contributed by atoms with Crippen molar-refractivity contribution in [1.82, 2.24) is 10.2 Å². The van der Waals surface area contributed by atoms with Gasteiger partial charge >= 0.3 is 0 Å². The molecular weight excluding hydrogens is 528 g/mol. The summed E-state index contributed by atoms with van der Waals surface area (Å²) < 4.78 is 6.91. The minimum atomic E-state index is -0.724. The molecule has 3 aromatic carbocycles. The molecule has 0 aromatic heterocycles. The number of aryl methyl sites for hydroxylation is 2. The Morgan fingerprint density at radius 3 is 2.29 bits per heavy atom. The lowest BCUT2D eigenvalue weighted by atomic mass is 10.0. The maximum absolute atomic E-state index is 13.6. The van der Waals surface area contributed by atoms with Crippen LogP contribution >= 0.6 is 27.5 Å². The van der Waals surface area contributed by atoms with Gasteiger partial charge in [-0.2, -0.15) is 0 Å². The van der Waals surface area contributed by atoms with Gasteiger partial charge in [0.15, 0.2) is 6.61 Å². The van der Waals surface area contributed by atoms with Gasteiger partial charge in [0.2, 0.25) is 5.91 Å². The van der Waals surface area contributed by atoms with Crippen molar-refractivity contribution in [3.05, 3.63) is 98.5 Å². The Hall–Kier alpha value is -2.83. The third-order valence-corrected chi connectivity index (χ3v) is 7.31. The van der Waals surface area contributed by atoms with Gasteiger partial charge < -0.3 is 15.0 Å². The van der Waals surface area contributed by atoms with Crippen molar-refractivity contribution >= 4 is 39.3 Å². The van der Waals surface area contributed by atoms with Crippen LogP contribution in [0.4, 0.5) is 0 Å². The number of rotatable bonds is 10. The molecule has 2 amide bonds. The lowest BCUT2D eigenvalue weighted by Crippen LogP contribution is -2.51. The molecule has 0 bridgehead atoms. The van der Waals surface area contributed by atoms with Crippen LogP contribution in [0.5, 0.6) is 5.75 Å². The van der Waals surface area contributed by atoms with Crippen LogP contribution in [0.3, 0.4) is 0 Å². The predicted octanol–water partition coefficient (Wildman–Crippen LogP) is 5.87. The lowest BCUT2D eigenvalue weighted by Gasteiger charge is -2.31. The zero-order chi connectivity index (χ0) is 25.4. The van der Waals surface area contributed by atoms with Gasteiger partial charge in [-0.15, -0.1) is 0 Å². The number of hydrogen-bond acceptors (Lipinski definition) is 3. The maximum atomic E-state index is 13.6. The molecule has 1 atom stereocenters. The molecule has 3 aromatic rings. The molecule has 7 heteroatoms. The van der Waals surface area contributed by atoms with Crippen molar-refractivity contribution in [3.63, 3.8) is 0 Å². The number of benzene rings is 3. The van der Waals surface area contributed by atoms with E-state index < -0.39 is 6.04 Å². The number of nitrogens with one attached hydrogen (secondary N) is 1. The van der Waals surface area contributed by atoms with Gasteiger partial charge in [-0.1, -0.05) is 76.1 Å². The first-order valence-corrected chi connectivity index (χ1v) is 12.7. The largest absolute Gasteiger partial charge is 0.484 e. The first-order valence-electron chi connectivity index (χ1n) is 11.5. The fraction of sp³-hybridized carbons (Fsp3) is 0.286. The van der Waals surface area contributed by atoms with Crippen LogP contribution in [0, 0.1) is 13.8 Å². The molecule has 0 aliphatic rings. The molecular formula is C28H30BrClN2O3. The SMILES string of the molecule is CCNC(=O)C(Cc1ccccc1)N(Cc1ccccc1Cl)C(=O)COc1cc(C)c(Br)c(C)c1. The van der Waals surface area contributed by atoms with E-state index in [4.69, 9.17) is 16.3 Å². The van der Waals surface area contributed by atoms with E-state index in [1.807, 2.05) is 81.4 Å². The third kappa shape index (κ3) is 7.33. The van der Waals surface area contributed by atoms with E-state index in [1.165, 1.54) is 0 Å². The highest BCUT2D eigenvalue weighted by molar-refractivity contribution is 9.10. The van der Waals surface area contributed by atoms with E-state index in [-0.39, 0.29) is 25.0 Å². The van der Waals surface area contributed by atoms with Crippen LogP contribution in [-0.2, 0) is 22.6 Å². The molecule has 0 fully saturated rings. The van der Waals surface area contributed by atoms with E-state index in [0.717, 1.165) is 26.7 Å². The van der Waals surface area contributed by atoms with E-state index in [9.17, 15) is 9.59 Å². The lowest BCUT2D eigenvalue weighted by molar-refractivity contribution is -0.142. The minimum absolute atomic E-state index is 0.189. The average molecular weight is 558 g/mol. The van der Waals surface area contributed by atoms with Crippen LogP contribution < -0.4 is 10.1 Å². The molecule has 0 spiro atoms. The second-order valence-corrected chi connectivity index (χ2v) is 9.57. The van der Waals surface area contributed by atoms with Crippen LogP contribution in [0.15, 0.2) is 71.2 Å². The Morgan fingerprint density at radius 1 is 1.03 bits per heavy atom. The Kier molecular flexibility index (Phi) is 9.75. The van der Waals surface area contributed by atoms with E-state index in [0.29, 0.717) is 23.7 Å². The maximum Gasteiger partial charge on any atom is 0.261 e. The van der Waals surface area contributed by atoms with Gasteiger partial charge in [0.05, 0.1) is 0 Å². The van der Waals surface area contributed by atoms with Crippen LogP contribution in [0.25, 0.3) is 0 Å². The highest BCUT2D eigenvalue weighted by Gasteiger charge is 2.31.